The summed E-state index contributed by atoms with van der Waals surface area (Å²) < 4.78 is 27.0. The number of nitrogens with two attached hydrogens (primary N) is 1. The van der Waals surface area contributed by atoms with Gasteiger partial charge in [0.05, 0.1) is 4.90 Å². The van der Waals surface area contributed by atoms with Crippen LogP contribution in [0.5, 0.6) is 0 Å². The quantitative estimate of drug-likeness (QED) is 0.753. The van der Waals surface area contributed by atoms with Crippen LogP contribution >= 0.6 is 12.4 Å². The summed E-state index contributed by atoms with van der Waals surface area (Å²) in [5.41, 5.74) is 6.39. The van der Waals surface area contributed by atoms with Gasteiger partial charge in [-0.15, -0.1) is 12.4 Å². The number of halogens is 1. The number of nitrogens with zero attached hydrogens (tertiary/aromatic N) is 3. The van der Waals surface area contributed by atoms with Crippen molar-refractivity contribution in [2.24, 2.45) is 5.73 Å². The van der Waals surface area contributed by atoms with Crippen molar-refractivity contribution in [1.82, 2.24) is 14.1 Å². The summed E-state index contributed by atoms with van der Waals surface area (Å²) in [7, 11) is -3.64. The largest absolute Gasteiger partial charge is 0.340 e. The molecule has 10 heteroatoms. The number of carbonyl (C=O) groups is 2. The highest BCUT2D eigenvalue weighted by Crippen LogP contribution is 2.20. The van der Waals surface area contributed by atoms with E-state index in [1.165, 1.54) is 23.4 Å². The third-order valence-corrected chi connectivity index (χ3v) is 7.08. The summed E-state index contributed by atoms with van der Waals surface area (Å²) in [6, 6.07) is 6.06. The lowest BCUT2D eigenvalue weighted by molar-refractivity contribution is -0.129. The Labute approximate surface area is 172 Å². The zero-order valence-corrected chi connectivity index (χ0v) is 17.5. The molecule has 28 heavy (non-hydrogen) atoms. The lowest BCUT2D eigenvalue weighted by Gasteiger charge is -2.33. The Morgan fingerprint density at radius 1 is 1.00 bits per heavy atom. The minimum atomic E-state index is -3.64. The molecule has 2 N–H and O–H groups in total. The second kappa shape index (κ2) is 9.21. The normalized spacial score (nSPS) is 21.1. The van der Waals surface area contributed by atoms with Gasteiger partial charge in [0.25, 0.3) is 5.91 Å². The van der Waals surface area contributed by atoms with Crippen LogP contribution in [-0.2, 0) is 14.8 Å². The van der Waals surface area contributed by atoms with Gasteiger partial charge in [-0.3, -0.25) is 9.59 Å². The van der Waals surface area contributed by atoms with E-state index in [0.29, 0.717) is 31.7 Å². The van der Waals surface area contributed by atoms with Gasteiger partial charge in [-0.25, -0.2) is 8.42 Å². The molecule has 1 aromatic carbocycles. The van der Waals surface area contributed by atoms with Gasteiger partial charge in [0, 0.05) is 57.8 Å². The van der Waals surface area contributed by atoms with Crippen LogP contribution in [-0.4, -0.2) is 79.6 Å². The molecule has 2 amide bonds. The summed E-state index contributed by atoms with van der Waals surface area (Å²) in [4.78, 5) is 27.5. The average molecular weight is 431 g/mol. The first kappa shape index (κ1) is 22.6. The van der Waals surface area contributed by atoms with Crippen LogP contribution < -0.4 is 5.73 Å². The predicted octanol–water partition coefficient (Wildman–Crippen LogP) is 0.525. The highest BCUT2D eigenvalue weighted by Gasteiger charge is 2.29. The summed E-state index contributed by atoms with van der Waals surface area (Å²) in [6.07, 6.45) is 1.80. The topological polar surface area (TPSA) is 104 Å². The van der Waals surface area contributed by atoms with Crippen LogP contribution in [0, 0.1) is 0 Å². The van der Waals surface area contributed by atoms with E-state index in [4.69, 9.17) is 5.73 Å². The summed E-state index contributed by atoms with van der Waals surface area (Å²) in [5.74, 6) is -0.170. The number of amides is 2. The molecule has 2 fully saturated rings. The number of hydrogen-bond acceptors (Lipinski definition) is 5. The maximum Gasteiger partial charge on any atom is 0.253 e. The van der Waals surface area contributed by atoms with E-state index in [-0.39, 0.29) is 48.2 Å². The Kier molecular flexibility index (Phi) is 7.44. The Hall–Kier alpha value is -1.68. The standard InChI is InChI=1S/C18H26N4O4S.ClH/c1-14(23)20-9-11-22(12-10-20)27(25,26)17-6-4-15(5-7-17)18(24)21-8-2-3-16(19)13-21;/h4-7,16H,2-3,8-13,19H2,1H3;1H. The molecule has 2 heterocycles. The predicted molar refractivity (Wildman–Crippen MR) is 108 cm³/mol. The van der Waals surface area contributed by atoms with Crippen molar-refractivity contribution in [3.63, 3.8) is 0 Å². The highest BCUT2D eigenvalue weighted by molar-refractivity contribution is 7.89. The molecule has 156 valence electrons. The van der Waals surface area contributed by atoms with Gasteiger partial charge in [-0.1, -0.05) is 0 Å². The summed E-state index contributed by atoms with van der Waals surface area (Å²) >= 11 is 0. The van der Waals surface area contributed by atoms with Crippen molar-refractivity contribution in [3.8, 4) is 0 Å². The number of piperazine rings is 1. The zero-order chi connectivity index (χ0) is 19.6. The Morgan fingerprint density at radius 3 is 2.14 bits per heavy atom. The minimum Gasteiger partial charge on any atom is -0.340 e. The smallest absolute Gasteiger partial charge is 0.253 e. The van der Waals surface area contributed by atoms with Crippen LogP contribution in [0.1, 0.15) is 30.1 Å². The molecule has 1 atom stereocenters. The lowest BCUT2D eigenvalue weighted by Crippen LogP contribution is -2.49. The van der Waals surface area contributed by atoms with E-state index in [1.54, 1.807) is 21.9 Å². The molecule has 2 aliphatic rings. The molecule has 2 saturated heterocycles. The number of hydrogen-bond donors (Lipinski definition) is 1. The molecule has 0 spiro atoms. The Morgan fingerprint density at radius 2 is 1.61 bits per heavy atom. The average Bonchev–Trinajstić information content (AvgIpc) is 2.67. The van der Waals surface area contributed by atoms with Crippen molar-refractivity contribution in [2.45, 2.75) is 30.7 Å². The molecule has 0 bridgehead atoms. The molecule has 2 aliphatic heterocycles. The number of carbonyl (C=O) groups excluding carboxylic acids is 2. The van der Waals surface area contributed by atoms with Crippen molar-refractivity contribution in [2.75, 3.05) is 39.3 Å². The van der Waals surface area contributed by atoms with Gasteiger partial charge in [0.2, 0.25) is 15.9 Å². The molecular formula is C18H27ClN4O4S. The number of sulfonamides is 1. The van der Waals surface area contributed by atoms with E-state index in [0.717, 1.165) is 12.8 Å². The van der Waals surface area contributed by atoms with Crippen molar-refractivity contribution < 1.29 is 18.0 Å². The van der Waals surface area contributed by atoms with Gasteiger partial charge in [-0.2, -0.15) is 4.31 Å². The van der Waals surface area contributed by atoms with Gasteiger partial charge < -0.3 is 15.5 Å². The van der Waals surface area contributed by atoms with Crippen molar-refractivity contribution in [1.29, 1.82) is 0 Å². The van der Waals surface area contributed by atoms with Crippen LogP contribution in [0.2, 0.25) is 0 Å². The molecular weight excluding hydrogens is 404 g/mol. The van der Waals surface area contributed by atoms with E-state index >= 15 is 0 Å². The minimum absolute atomic E-state index is 0. The zero-order valence-electron chi connectivity index (χ0n) is 15.9. The molecule has 1 unspecified atom stereocenters. The molecule has 0 aromatic heterocycles. The Bertz CT molecular complexity index is 807. The maximum absolute atomic E-state index is 12.8. The van der Waals surface area contributed by atoms with E-state index in [1.807, 2.05) is 0 Å². The second-order valence-electron chi connectivity index (χ2n) is 7.09. The van der Waals surface area contributed by atoms with Gasteiger partial charge >= 0.3 is 0 Å². The third kappa shape index (κ3) is 4.83. The van der Waals surface area contributed by atoms with E-state index in [2.05, 4.69) is 0 Å². The number of piperidine rings is 1. The number of likely N-dealkylation sites (tertiary alicyclic amines) is 1. The van der Waals surface area contributed by atoms with Gasteiger partial charge in [-0.05, 0) is 37.1 Å². The van der Waals surface area contributed by atoms with Crippen LogP contribution in [0.4, 0.5) is 0 Å². The van der Waals surface area contributed by atoms with Crippen LogP contribution in [0.3, 0.4) is 0 Å². The van der Waals surface area contributed by atoms with Crippen LogP contribution in [0.25, 0.3) is 0 Å². The molecule has 0 saturated carbocycles. The SMILES string of the molecule is CC(=O)N1CCN(S(=O)(=O)c2ccc(C(=O)N3CCCC(N)C3)cc2)CC1.Cl. The molecule has 1 aromatic rings. The molecule has 0 radical (unpaired) electrons. The van der Waals surface area contributed by atoms with Crippen molar-refractivity contribution >= 4 is 34.2 Å². The van der Waals surface area contributed by atoms with E-state index < -0.39 is 10.0 Å². The third-order valence-electron chi connectivity index (χ3n) is 5.17. The maximum atomic E-state index is 12.8. The molecule has 8 nitrogen and oxygen atoms in total. The first-order valence-electron chi connectivity index (χ1n) is 9.19. The fourth-order valence-electron chi connectivity index (χ4n) is 3.54. The fourth-order valence-corrected chi connectivity index (χ4v) is 4.96. The lowest BCUT2D eigenvalue weighted by atomic mass is 10.1. The molecule has 0 aliphatic carbocycles. The number of rotatable bonds is 3. The fraction of sp³-hybridized carbons (Fsp3) is 0.556. The first-order valence-corrected chi connectivity index (χ1v) is 10.6. The summed E-state index contributed by atoms with van der Waals surface area (Å²) in [5, 5.41) is 0. The van der Waals surface area contributed by atoms with E-state index in [9.17, 15) is 18.0 Å². The summed E-state index contributed by atoms with van der Waals surface area (Å²) in [6.45, 7) is 4.00. The highest BCUT2D eigenvalue weighted by atomic mass is 35.5. The molecule has 3 rings (SSSR count). The van der Waals surface area contributed by atoms with Crippen molar-refractivity contribution in [3.05, 3.63) is 29.8 Å². The monoisotopic (exact) mass is 430 g/mol. The van der Waals surface area contributed by atoms with Crippen LogP contribution in [0.15, 0.2) is 29.2 Å². The number of benzene rings is 1. The Balaban J connectivity index is 0.00000280. The van der Waals surface area contributed by atoms with Gasteiger partial charge in [0.15, 0.2) is 0 Å². The second-order valence-corrected chi connectivity index (χ2v) is 9.03. The first-order chi connectivity index (χ1) is 12.8. The van der Waals surface area contributed by atoms with Gasteiger partial charge in [0.1, 0.15) is 0 Å².